The van der Waals surface area contributed by atoms with E-state index in [0.717, 1.165) is 42.8 Å². The average molecular weight is 353 g/mol. The average Bonchev–Trinajstić information content (AvgIpc) is 3.02. The molecule has 0 bridgehead atoms. The summed E-state index contributed by atoms with van der Waals surface area (Å²) in [6.45, 7) is 2.47. The third kappa shape index (κ3) is 3.34. The number of phenols is 1. The molecule has 1 aliphatic heterocycles. The monoisotopic (exact) mass is 353 g/mol. The Morgan fingerprint density at radius 3 is 2.92 bits per heavy atom. The van der Waals surface area contributed by atoms with E-state index in [-0.39, 0.29) is 17.8 Å². The van der Waals surface area contributed by atoms with Crippen LogP contribution >= 0.6 is 0 Å². The number of nitrogens with zero attached hydrogens (tertiary/aromatic N) is 4. The van der Waals surface area contributed by atoms with Gasteiger partial charge in [0.05, 0.1) is 0 Å². The highest BCUT2D eigenvalue weighted by Crippen LogP contribution is 2.26. The lowest BCUT2D eigenvalue weighted by Gasteiger charge is -2.34. The molecule has 2 atom stereocenters. The van der Waals surface area contributed by atoms with Gasteiger partial charge in [-0.2, -0.15) is 5.10 Å². The summed E-state index contributed by atoms with van der Waals surface area (Å²) in [5.41, 5.74) is 14.9. The first-order valence-electron chi connectivity index (χ1n) is 8.71. The van der Waals surface area contributed by atoms with Gasteiger partial charge >= 0.3 is 0 Å². The zero-order chi connectivity index (χ0) is 18.1. The van der Waals surface area contributed by atoms with Gasteiger partial charge in [0.2, 0.25) is 0 Å². The third-order valence-corrected chi connectivity index (χ3v) is 4.84. The highest BCUT2D eigenvalue weighted by Gasteiger charge is 2.24. The molecule has 0 saturated carbocycles. The maximum absolute atomic E-state index is 9.67. The smallest absolute Gasteiger partial charge is 0.158 e. The van der Waals surface area contributed by atoms with Crippen molar-refractivity contribution in [1.29, 1.82) is 0 Å². The van der Waals surface area contributed by atoms with Crippen molar-refractivity contribution in [1.82, 2.24) is 19.5 Å². The molecule has 8 heteroatoms. The van der Waals surface area contributed by atoms with Gasteiger partial charge in [-0.25, -0.2) is 9.50 Å². The van der Waals surface area contributed by atoms with Crippen molar-refractivity contribution < 1.29 is 5.11 Å². The van der Waals surface area contributed by atoms with Gasteiger partial charge in [0.1, 0.15) is 17.6 Å². The molecule has 4 rings (SSSR count). The van der Waals surface area contributed by atoms with E-state index < -0.39 is 0 Å². The van der Waals surface area contributed by atoms with Crippen LogP contribution in [0.2, 0.25) is 0 Å². The number of benzene rings is 1. The van der Waals surface area contributed by atoms with Crippen molar-refractivity contribution in [3.8, 4) is 5.75 Å². The minimum absolute atomic E-state index is 0.00114. The molecule has 6 N–H and O–H groups in total. The second kappa shape index (κ2) is 6.91. The molecule has 136 valence electrons. The lowest BCUT2D eigenvalue weighted by molar-refractivity contribution is 0.185. The zero-order valence-corrected chi connectivity index (χ0v) is 14.4. The van der Waals surface area contributed by atoms with Crippen LogP contribution in [0, 0.1) is 0 Å². The molecule has 3 aromatic rings. The van der Waals surface area contributed by atoms with Crippen LogP contribution in [0.1, 0.15) is 12.0 Å². The Morgan fingerprint density at radius 2 is 2.12 bits per heavy atom. The van der Waals surface area contributed by atoms with Crippen molar-refractivity contribution in [2.75, 3.05) is 18.4 Å². The van der Waals surface area contributed by atoms with Gasteiger partial charge in [-0.15, -0.1) is 0 Å². The largest absolute Gasteiger partial charge is 0.508 e. The van der Waals surface area contributed by atoms with Gasteiger partial charge in [0.25, 0.3) is 0 Å². The fraction of sp³-hybridized carbons (Fsp3) is 0.333. The van der Waals surface area contributed by atoms with Gasteiger partial charge in [0.15, 0.2) is 5.82 Å². The van der Waals surface area contributed by atoms with Crippen LogP contribution in [-0.2, 0) is 6.54 Å². The van der Waals surface area contributed by atoms with E-state index in [9.17, 15) is 5.11 Å². The standard InChI is InChI=1S/C18H23N7O/c19-15-5-6-24(10-16(15)20)9-12-4-7-25-17(12)18(21-11-22-25)23-13-2-1-3-14(26)8-13/h1-4,7-8,11,15-16,26H,5-6,9-10,19-20H2,(H,21,22,23)/t15-,16?/m1/s1. The van der Waals surface area contributed by atoms with Gasteiger partial charge in [-0.1, -0.05) is 6.07 Å². The number of hydrogen-bond donors (Lipinski definition) is 4. The number of rotatable bonds is 4. The molecule has 1 unspecified atom stereocenters. The minimum Gasteiger partial charge on any atom is -0.508 e. The summed E-state index contributed by atoms with van der Waals surface area (Å²) in [5, 5.41) is 17.2. The van der Waals surface area contributed by atoms with E-state index in [1.807, 2.05) is 16.8 Å². The van der Waals surface area contributed by atoms with Crippen LogP contribution in [-0.4, -0.2) is 49.8 Å². The van der Waals surface area contributed by atoms with E-state index >= 15 is 0 Å². The second-order valence-corrected chi connectivity index (χ2v) is 6.77. The SMILES string of the molecule is NC1CN(Cc2ccn3ncnc(Nc4cccc(O)c4)c23)CC[C@H]1N. The van der Waals surface area contributed by atoms with E-state index in [2.05, 4.69) is 26.4 Å². The number of nitrogens with two attached hydrogens (primary N) is 2. The number of anilines is 2. The maximum Gasteiger partial charge on any atom is 0.158 e. The molecule has 1 aromatic carbocycles. The second-order valence-electron chi connectivity index (χ2n) is 6.77. The fourth-order valence-corrected chi connectivity index (χ4v) is 3.41. The summed E-state index contributed by atoms with van der Waals surface area (Å²) < 4.78 is 1.81. The molecule has 26 heavy (non-hydrogen) atoms. The number of aromatic hydroxyl groups is 1. The molecule has 1 aliphatic rings. The van der Waals surface area contributed by atoms with Crippen molar-refractivity contribution in [3.05, 3.63) is 48.4 Å². The molecule has 3 heterocycles. The van der Waals surface area contributed by atoms with Crippen molar-refractivity contribution in [2.45, 2.75) is 25.0 Å². The Balaban J connectivity index is 1.62. The van der Waals surface area contributed by atoms with E-state index in [4.69, 9.17) is 11.5 Å². The first kappa shape index (κ1) is 16.8. The van der Waals surface area contributed by atoms with Crippen molar-refractivity contribution in [3.63, 3.8) is 0 Å². The summed E-state index contributed by atoms with van der Waals surface area (Å²) in [7, 11) is 0. The number of phenolic OH excluding ortho intramolecular Hbond substituents is 1. The van der Waals surface area contributed by atoms with Crippen LogP contribution in [0.3, 0.4) is 0 Å². The van der Waals surface area contributed by atoms with Gasteiger partial charge in [0, 0.05) is 49.7 Å². The number of likely N-dealkylation sites (tertiary alicyclic amines) is 1. The summed E-state index contributed by atoms with van der Waals surface area (Å²) in [4.78, 5) is 6.71. The van der Waals surface area contributed by atoms with Crippen LogP contribution in [0.25, 0.3) is 5.52 Å². The Bertz CT molecular complexity index is 909. The highest BCUT2D eigenvalue weighted by atomic mass is 16.3. The number of nitrogens with one attached hydrogen (secondary N) is 1. The molecule has 0 radical (unpaired) electrons. The molecule has 1 saturated heterocycles. The van der Waals surface area contributed by atoms with Crippen LogP contribution in [0.5, 0.6) is 5.75 Å². The Labute approximate surface area is 151 Å². The number of piperidine rings is 1. The molecule has 0 amide bonds. The predicted octanol–water partition coefficient (Wildman–Crippen LogP) is 1.04. The van der Waals surface area contributed by atoms with Crippen LogP contribution in [0.4, 0.5) is 11.5 Å². The highest BCUT2D eigenvalue weighted by molar-refractivity contribution is 5.76. The summed E-state index contributed by atoms with van der Waals surface area (Å²) in [5.74, 6) is 0.901. The zero-order valence-electron chi connectivity index (χ0n) is 14.4. The normalized spacial score (nSPS) is 21.2. The molecule has 8 nitrogen and oxygen atoms in total. The summed E-state index contributed by atoms with van der Waals surface area (Å²) >= 11 is 0. The number of hydrogen-bond acceptors (Lipinski definition) is 7. The first-order valence-corrected chi connectivity index (χ1v) is 8.71. The number of fused-ring (bicyclic) bond motifs is 1. The van der Waals surface area contributed by atoms with E-state index in [1.165, 1.54) is 6.33 Å². The first-order chi connectivity index (χ1) is 12.6. The predicted molar refractivity (Wildman–Crippen MR) is 100 cm³/mol. The lowest BCUT2D eigenvalue weighted by atomic mass is 10.0. The molecular weight excluding hydrogens is 330 g/mol. The maximum atomic E-state index is 9.67. The van der Waals surface area contributed by atoms with E-state index in [0.29, 0.717) is 5.82 Å². The Hall–Kier alpha value is -2.68. The van der Waals surface area contributed by atoms with E-state index in [1.54, 1.807) is 18.2 Å². The molecule has 0 aliphatic carbocycles. The van der Waals surface area contributed by atoms with Crippen LogP contribution < -0.4 is 16.8 Å². The minimum atomic E-state index is -0.00114. The van der Waals surface area contributed by atoms with Crippen molar-refractivity contribution >= 4 is 17.0 Å². The quantitative estimate of drug-likeness (QED) is 0.553. The van der Waals surface area contributed by atoms with Gasteiger partial charge in [-0.05, 0) is 30.2 Å². The molecule has 2 aromatic heterocycles. The van der Waals surface area contributed by atoms with Crippen LogP contribution in [0.15, 0.2) is 42.9 Å². The fourth-order valence-electron chi connectivity index (χ4n) is 3.41. The lowest BCUT2D eigenvalue weighted by Crippen LogP contribution is -2.54. The number of aromatic nitrogens is 3. The summed E-state index contributed by atoms with van der Waals surface area (Å²) in [6.07, 6.45) is 4.34. The third-order valence-electron chi connectivity index (χ3n) is 4.84. The summed E-state index contributed by atoms with van der Waals surface area (Å²) in [6, 6.07) is 9.08. The van der Waals surface area contributed by atoms with Crippen molar-refractivity contribution in [2.24, 2.45) is 11.5 Å². The van der Waals surface area contributed by atoms with Gasteiger partial charge in [-0.3, -0.25) is 4.90 Å². The Morgan fingerprint density at radius 1 is 1.23 bits per heavy atom. The molecule has 1 fully saturated rings. The van der Waals surface area contributed by atoms with Gasteiger partial charge < -0.3 is 21.9 Å². The topological polar surface area (TPSA) is 118 Å². The molecule has 0 spiro atoms. The molecular formula is C18H23N7O. The Kier molecular flexibility index (Phi) is 4.46.